The summed E-state index contributed by atoms with van der Waals surface area (Å²) >= 11 is 0. The molecule has 1 N–H and O–H groups in total. The third-order valence-corrected chi connectivity index (χ3v) is 3.48. The number of hydrogen-bond donors (Lipinski definition) is 1. The Hall–Kier alpha value is -0.120. The summed E-state index contributed by atoms with van der Waals surface area (Å²) in [7, 11) is 0. The van der Waals surface area contributed by atoms with Crippen molar-refractivity contribution in [3.8, 4) is 0 Å². The summed E-state index contributed by atoms with van der Waals surface area (Å²) in [5, 5.41) is 3.47. The third-order valence-electron chi connectivity index (χ3n) is 3.48. The summed E-state index contributed by atoms with van der Waals surface area (Å²) in [4.78, 5) is 2.61. The van der Waals surface area contributed by atoms with Crippen molar-refractivity contribution in [3.63, 3.8) is 0 Å². The molecule has 1 aliphatic heterocycles. The van der Waals surface area contributed by atoms with Crippen LogP contribution in [0.3, 0.4) is 0 Å². The minimum atomic E-state index is 0.409. The molecule has 0 aromatic carbocycles. The fraction of sp³-hybridized carbons (Fsp3) is 1.00. The monoisotopic (exact) mass is 242 g/mol. The lowest BCUT2D eigenvalue weighted by Crippen LogP contribution is -2.48. The SMILES string of the molecule is CCC1COC(C)CN1CCCCNC(C)C. The van der Waals surface area contributed by atoms with Gasteiger partial charge in [-0.05, 0) is 39.3 Å². The van der Waals surface area contributed by atoms with Crippen molar-refractivity contribution < 1.29 is 4.74 Å². The van der Waals surface area contributed by atoms with E-state index in [-0.39, 0.29) is 0 Å². The molecule has 0 aromatic heterocycles. The Morgan fingerprint density at radius 1 is 1.35 bits per heavy atom. The molecule has 0 aromatic rings. The second-order valence-corrected chi connectivity index (χ2v) is 5.52. The van der Waals surface area contributed by atoms with Gasteiger partial charge in [0.15, 0.2) is 0 Å². The number of nitrogens with one attached hydrogen (secondary N) is 1. The molecular weight excluding hydrogens is 212 g/mol. The molecular formula is C14H30N2O. The van der Waals surface area contributed by atoms with E-state index in [2.05, 4.69) is 37.9 Å². The molecule has 1 heterocycles. The van der Waals surface area contributed by atoms with E-state index in [9.17, 15) is 0 Å². The lowest BCUT2D eigenvalue weighted by atomic mass is 10.1. The summed E-state index contributed by atoms with van der Waals surface area (Å²) in [6, 6.07) is 1.26. The maximum absolute atomic E-state index is 5.72. The Kier molecular flexibility index (Phi) is 7.09. The first-order chi connectivity index (χ1) is 8.13. The summed E-state index contributed by atoms with van der Waals surface area (Å²) in [5.41, 5.74) is 0. The van der Waals surface area contributed by atoms with E-state index in [1.807, 2.05) is 0 Å². The van der Waals surface area contributed by atoms with Gasteiger partial charge in [0.2, 0.25) is 0 Å². The molecule has 1 aliphatic rings. The van der Waals surface area contributed by atoms with Crippen molar-refractivity contribution in [1.82, 2.24) is 10.2 Å². The van der Waals surface area contributed by atoms with Gasteiger partial charge in [0, 0.05) is 18.6 Å². The molecule has 17 heavy (non-hydrogen) atoms. The molecule has 0 saturated carbocycles. The van der Waals surface area contributed by atoms with Gasteiger partial charge in [0.05, 0.1) is 12.7 Å². The molecule has 0 amide bonds. The summed E-state index contributed by atoms with van der Waals surface area (Å²) in [6.07, 6.45) is 4.19. The fourth-order valence-electron chi connectivity index (χ4n) is 2.39. The number of hydrogen-bond acceptors (Lipinski definition) is 3. The second-order valence-electron chi connectivity index (χ2n) is 5.52. The summed E-state index contributed by atoms with van der Waals surface area (Å²) in [5.74, 6) is 0. The Labute approximate surface area is 107 Å². The Morgan fingerprint density at radius 2 is 2.12 bits per heavy atom. The predicted molar refractivity (Wildman–Crippen MR) is 73.4 cm³/mol. The standard InChI is InChI=1S/C14H30N2O/c1-5-14-11-17-13(4)10-16(14)9-7-6-8-15-12(2)3/h12-15H,5-11H2,1-4H3. The zero-order valence-corrected chi connectivity index (χ0v) is 12.0. The van der Waals surface area contributed by atoms with Gasteiger partial charge in [-0.15, -0.1) is 0 Å². The number of morpholine rings is 1. The highest BCUT2D eigenvalue weighted by atomic mass is 16.5. The Morgan fingerprint density at radius 3 is 2.76 bits per heavy atom. The van der Waals surface area contributed by atoms with E-state index < -0.39 is 0 Å². The van der Waals surface area contributed by atoms with E-state index in [0.29, 0.717) is 18.2 Å². The minimum absolute atomic E-state index is 0.409. The maximum atomic E-state index is 5.72. The molecule has 2 unspecified atom stereocenters. The van der Waals surface area contributed by atoms with Crippen LogP contribution < -0.4 is 5.32 Å². The lowest BCUT2D eigenvalue weighted by Gasteiger charge is -2.38. The van der Waals surface area contributed by atoms with Crippen molar-refractivity contribution in [1.29, 1.82) is 0 Å². The van der Waals surface area contributed by atoms with Crippen LogP contribution in [-0.2, 0) is 4.74 Å². The molecule has 1 saturated heterocycles. The topological polar surface area (TPSA) is 24.5 Å². The zero-order valence-electron chi connectivity index (χ0n) is 12.0. The molecule has 0 aliphatic carbocycles. The number of rotatable bonds is 7. The molecule has 1 fully saturated rings. The van der Waals surface area contributed by atoms with Crippen molar-refractivity contribution >= 4 is 0 Å². The lowest BCUT2D eigenvalue weighted by molar-refractivity contribution is -0.0560. The third kappa shape index (κ3) is 5.84. The van der Waals surface area contributed by atoms with Crippen LogP contribution in [0, 0.1) is 0 Å². The highest BCUT2D eigenvalue weighted by molar-refractivity contribution is 4.77. The molecule has 3 nitrogen and oxygen atoms in total. The van der Waals surface area contributed by atoms with Gasteiger partial charge in [-0.25, -0.2) is 0 Å². The van der Waals surface area contributed by atoms with Gasteiger partial charge in [-0.3, -0.25) is 4.90 Å². The summed E-state index contributed by atoms with van der Waals surface area (Å²) < 4.78 is 5.72. The largest absolute Gasteiger partial charge is 0.376 e. The van der Waals surface area contributed by atoms with Crippen LogP contribution in [0.5, 0.6) is 0 Å². The maximum Gasteiger partial charge on any atom is 0.0674 e. The Balaban J connectivity index is 2.14. The number of nitrogens with zero attached hydrogens (tertiary/aromatic N) is 1. The fourth-order valence-corrected chi connectivity index (χ4v) is 2.39. The van der Waals surface area contributed by atoms with E-state index in [4.69, 9.17) is 4.74 Å². The molecule has 0 radical (unpaired) electrons. The second kappa shape index (κ2) is 8.06. The molecule has 102 valence electrons. The highest BCUT2D eigenvalue weighted by Gasteiger charge is 2.24. The van der Waals surface area contributed by atoms with Crippen molar-refractivity contribution in [2.75, 3.05) is 26.2 Å². The molecule has 1 rings (SSSR count). The highest BCUT2D eigenvalue weighted by Crippen LogP contribution is 2.14. The average molecular weight is 242 g/mol. The number of ether oxygens (including phenoxy) is 1. The van der Waals surface area contributed by atoms with Crippen molar-refractivity contribution in [2.45, 2.75) is 65.1 Å². The molecule has 0 bridgehead atoms. The zero-order chi connectivity index (χ0) is 12.7. The van der Waals surface area contributed by atoms with Crippen LogP contribution in [0.15, 0.2) is 0 Å². The quantitative estimate of drug-likeness (QED) is 0.693. The van der Waals surface area contributed by atoms with Gasteiger partial charge in [0.1, 0.15) is 0 Å². The first-order valence-electron chi connectivity index (χ1n) is 7.22. The van der Waals surface area contributed by atoms with E-state index in [0.717, 1.165) is 19.7 Å². The van der Waals surface area contributed by atoms with Crippen LogP contribution in [-0.4, -0.2) is 49.3 Å². The smallest absolute Gasteiger partial charge is 0.0674 e. The van der Waals surface area contributed by atoms with Crippen LogP contribution in [0.25, 0.3) is 0 Å². The van der Waals surface area contributed by atoms with E-state index in [1.54, 1.807) is 0 Å². The van der Waals surface area contributed by atoms with Gasteiger partial charge in [0.25, 0.3) is 0 Å². The molecule has 0 spiro atoms. The van der Waals surface area contributed by atoms with E-state index >= 15 is 0 Å². The van der Waals surface area contributed by atoms with Gasteiger partial charge in [-0.1, -0.05) is 20.8 Å². The molecule has 2 atom stereocenters. The van der Waals surface area contributed by atoms with Gasteiger partial charge >= 0.3 is 0 Å². The Bertz CT molecular complexity index is 197. The van der Waals surface area contributed by atoms with Crippen molar-refractivity contribution in [3.05, 3.63) is 0 Å². The van der Waals surface area contributed by atoms with Crippen LogP contribution in [0.1, 0.15) is 47.0 Å². The van der Waals surface area contributed by atoms with Gasteiger partial charge in [-0.2, -0.15) is 0 Å². The van der Waals surface area contributed by atoms with E-state index in [1.165, 1.54) is 25.8 Å². The first kappa shape index (κ1) is 14.9. The first-order valence-corrected chi connectivity index (χ1v) is 7.22. The average Bonchev–Trinajstić information content (AvgIpc) is 2.28. The normalized spacial score (nSPS) is 26.6. The van der Waals surface area contributed by atoms with Crippen LogP contribution in [0.2, 0.25) is 0 Å². The summed E-state index contributed by atoms with van der Waals surface area (Å²) in [6.45, 7) is 13.3. The van der Waals surface area contributed by atoms with Crippen LogP contribution >= 0.6 is 0 Å². The number of unbranched alkanes of at least 4 members (excludes halogenated alkanes) is 1. The predicted octanol–water partition coefficient (Wildman–Crippen LogP) is 2.26. The minimum Gasteiger partial charge on any atom is -0.376 e. The van der Waals surface area contributed by atoms with Gasteiger partial charge < -0.3 is 10.1 Å². The van der Waals surface area contributed by atoms with Crippen LogP contribution in [0.4, 0.5) is 0 Å². The molecule has 3 heteroatoms. The van der Waals surface area contributed by atoms with Crippen molar-refractivity contribution in [2.24, 2.45) is 0 Å².